The average Bonchev–Trinajstić information content (AvgIpc) is 2.66. The molecule has 5 nitrogen and oxygen atoms in total. The van der Waals surface area contributed by atoms with Gasteiger partial charge in [-0.25, -0.2) is 4.79 Å². The van der Waals surface area contributed by atoms with Crippen LogP contribution in [0.2, 0.25) is 0 Å². The van der Waals surface area contributed by atoms with E-state index in [2.05, 4.69) is 25.2 Å². The zero-order valence-corrected chi connectivity index (χ0v) is 17.1. The molecule has 2 aromatic rings. The van der Waals surface area contributed by atoms with Gasteiger partial charge in [0.25, 0.3) is 5.91 Å². The van der Waals surface area contributed by atoms with Gasteiger partial charge in [0.1, 0.15) is 5.75 Å². The molecule has 0 fully saturated rings. The fourth-order valence-electron chi connectivity index (χ4n) is 2.43. The van der Waals surface area contributed by atoms with Gasteiger partial charge in [0.15, 0.2) is 6.61 Å². The van der Waals surface area contributed by atoms with Crippen LogP contribution in [-0.2, 0) is 4.79 Å². The molecule has 0 aliphatic rings. The SMILES string of the molecule is CC(C)=CCSc1ccccc1C(=O)NC(C)c1ccc(OCC(=O)O)cc1. The number of carbonyl (C=O) groups excluding carboxylic acids is 1. The average molecular weight is 400 g/mol. The summed E-state index contributed by atoms with van der Waals surface area (Å²) in [6, 6.07) is 14.4. The molecule has 0 spiro atoms. The van der Waals surface area contributed by atoms with E-state index in [0.29, 0.717) is 11.3 Å². The predicted octanol–water partition coefficient (Wildman–Crippen LogP) is 4.70. The Kier molecular flexibility index (Phi) is 8.14. The Morgan fingerprint density at radius 2 is 1.82 bits per heavy atom. The Morgan fingerprint density at radius 1 is 1.14 bits per heavy atom. The van der Waals surface area contributed by atoms with Crippen LogP contribution in [0.25, 0.3) is 0 Å². The number of amides is 1. The number of hydrogen-bond acceptors (Lipinski definition) is 4. The lowest BCUT2D eigenvalue weighted by Crippen LogP contribution is -2.27. The number of rotatable bonds is 9. The van der Waals surface area contributed by atoms with Gasteiger partial charge in [-0.2, -0.15) is 0 Å². The Hall–Kier alpha value is -2.73. The topological polar surface area (TPSA) is 75.6 Å². The third-order valence-corrected chi connectivity index (χ3v) is 4.95. The van der Waals surface area contributed by atoms with Crippen molar-refractivity contribution in [2.75, 3.05) is 12.4 Å². The molecule has 1 amide bonds. The zero-order valence-electron chi connectivity index (χ0n) is 16.3. The van der Waals surface area contributed by atoms with Crippen molar-refractivity contribution in [2.45, 2.75) is 31.7 Å². The minimum Gasteiger partial charge on any atom is -0.482 e. The van der Waals surface area contributed by atoms with E-state index in [-0.39, 0.29) is 18.6 Å². The van der Waals surface area contributed by atoms with Crippen LogP contribution in [-0.4, -0.2) is 29.3 Å². The summed E-state index contributed by atoms with van der Waals surface area (Å²) in [7, 11) is 0. The number of hydrogen-bond donors (Lipinski definition) is 2. The van der Waals surface area contributed by atoms with Crippen LogP contribution in [0, 0.1) is 0 Å². The van der Waals surface area contributed by atoms with Crippen LogP contribution in [0.5, 0.6) is 5.75 Å². The lowest BCUT2D eigenvalue weighted by molar-refractivity contribution is -0.139. The Balaban J connectivity index is 2.02. The van der Waals surface area contributed by atoms with Gasteiger partial charge >= 0.3 is 5.97 Å². The predicted molar refractivity (Wildman–Crippen MR) is 112 cm³/mol. The summed E-state index contributed by atoms with van der Waals surface area (Å²) in [4.78, 5) is 24.3. The van der Waals surface area contributed by atoms with Gasteiger partial charge in [-0.05, 0) is 50.6 Å². The van der Waals surface area contributed by atoms with Crippen molar-refractivity contribution in [3.63, 3.8) is 0 Å². The van der Waals surface area contributed by atoms with Crippen LogP contribution in [0.4, 0.5) is 0 Å². The number of carboxylic acid groups (broad SMARTS) is 1. The molecule has 0 radical (unpaired) electrons. The Labute approximate surface area is 169 Å². The van der Waals surface area contributed by atoms with Crippen LogP contribution in [0.3, 0.4) is 0 Å². The molecule has 0 heterocycles. The second-order valence-corrected chi connectivity index (χ2v) is 7.60. The molecule has 28 heavy (non-hydrogen) atoms. The second kappa shape index (κ2) is 10.6. The molecule has 1 unspecified atom stereocenters. The molecular weight excluding hydrogens is 374 g/mol. The van der Waals surface area contributed by atoms with Gasteiger partial charge in [-0.1, -0.05) is 35.9 Å². The van der Waals surface area contributed by atoms with Gasteiger partial charge in [0, 0.05) is 10.6 Å². The molecule has 148 valence electrons. The maximum Gasteiger partial charge on any atom is 0.341 e. The number of carboxylic acids is 1. The molecule has 0 aliphatic heterocycles. The molecule has 2 rings (SSSR count). The monoisotopic (exact) mass is 399 g/mol. The van der Waals surface area contributed by atoms with E-state index in [4.69, 9.17) is 9.84 Å². The van der Waals surface area contributed by atoms with E-state index in [0.717, 1.165) is 16.2 Å². The zero-order chi connectivity index (χ0) is 20.5. The highest BCUT2D eigenvalue weighted by Crippen LogP contribution is 2.24. The van der Waals surface area contributed by atoms with Gasteiger partial charge < -0.3 is 15.2 Å². The fraction of sp³-hybridized carbons (Fsp3) is 0.273. The maximum absolute atomic E-state index is 12.8. The number of aliphatic carboxylic acids is 1. The number of benzene rings is 2. The molecule has 6 heteroatoms. The highest BCUT2D eigenvalue weighted by Gasteiger charge is 2.15. The molecule has 0 saturated heterocycles. The molecular formula is C22H25NO4S. The summed E-state index contributed by atoms with van der Waals surface area (Å²) < 4.78 is 5.13. The first-order valence-corrected chi connectivity index (χ1v) is 9.96. The number of thioether (sulfide) groups is 1. The van der Waals surface area contributed by atoms with Crippen molar-refractivity contribution >= 4 is 23.6 Å². The van der Waals surface area contributed by atoms with E-state index in [1.54, 1.807) is 23.9 Å². The normalized spacial score (nSPS) is 11.4. The lowest BCUT2D eigenvalue weighted by Gasteiger charge is -2.16. The van der Waals surface area contributed by atoms with Crippen molar-refractivity contribution in [1.82, 2.24) is 5.32 Å². The largest absolute Gasteiger partial charge is 0.482 e. The maximum atomic E-state index is 12.8. The van der Waals surface area contributed by atoms with Gasteiger partial charge in [0.05, 0.1) is 11.6 Å². The fourth-order valence-corrected chi connectivity index (χ4v) is 3.52. The molecule has 0 aliphatic carbocycles. The van der Waals surface area contributed by atoms with Gasteiger partial charge in [-0.15, -0.1) is 11.8 Å². The third kappa shape index (κ3) is 6.78. The standard InChI is InChI=1S/C22H25NO4S/c1-15(2)12-13-28-20-7-5-4-6-19(20)22(26)23-16(3)17-8-10-18(11-9-17)27-14-21(24)25/h4-12,16H,13-14H2,1-3H3,(H,23,26)(H,24,25). The van der Waals surface area contributed by atoms with Crippen LogP contribution in [0.15, 0.2) is 65.1 Å². The number of nitrogens with one attached hydrogen (secondary N) is 1. The summed E-state index contributed by atoms with van der Waals surface area (Å²) in [6.45, 7) is 5.63. The smallest absolute Gasteiger partial charge is 0.341 e. The van der Waals surface area contributed by atoms with Crippen molar-refractivity contribution in [3.05, 3.63) is 71.3 Å². The molecule has 2 aromatic carbocycles. The molecule has 0 bridgehead atoms. The molecule has 1 atom stereocenters. The molecule has 0 saturated carbocycles. The Bertz CT molecular complexity index is 842. The van der Waals surface area contributed by atoms with Crippen LogP contribution < -0.4 is 10.1 Å². The first-order valence-electron chi connectivity index (χ1n) is 8.97. The summed E-state index contributed by atoms with van der Waals surface area (Å²) in [5, 5.41) is 11.7. The first-order chi connectivity index (χ1) is 13.4. The van der Waals surface area contributed by atoms with Crippen molar-refractivity contribution in [1.29, 1.82) is 0 Å². The highest BCUT2D eigenvalue weighted by molar-refractivity contribution is 7.99. The number of carbonyl (C=O) groups is 2. The summed E-state index contributed by atoms with van der Waals surface area (Å²) in [5.41, 5.74) is 2.81. The van der Waals surface area contributed by atoms with E-state index in [1.807, 2.05) is 43.3 Å². The van der Waals surface area contributed by atoms with E-state index in [9.17, 15) is 9.59 Å². The van der Waals surface area contributed by atoms with Crippen LogP contribution in [0.1, 0.15) is 42.7 Å². The first kappa shape index (κ1) is 21.6. The minimum atomic E-state index is -1.02. The minimum absolute atomic E-state index is 0.126. The number of allylic oxidation sites excluding steroid dienone is 1. The summed E-state index contributed by atoms with van der Waals surface area (Å²) >= 11 is 1.63. The van der Waals surface area contributed by atoms with E-state index in [1.165, 1.54) is 5.57 Å². The van der Waals surface area contributed by atoms with Gasteiger partial charge in [-0.3, -0.25) is 4.79 Å². The van der Waals surface area contributed by atoms with Crippen molar-refractivity contribution in [3.8, 4) is 5.75 Å². The van der Waals surface area contributed by atoms with Crippen molar-refractivity contribution in [2.24, 2.45) is 0 Å². The van der Waals surface area contributed by atoms with Crippen LogP contribution >= 0.6 is 11.8 Å². The van der Waals surface area contributed by atoms with Gasteiger partial charge in [0.2, 0.25) is 0 Å². The quantitative estimate of drug-likeness (QED) is 0.472. The Morgan fingerprint density at radius 3 is 2.46 bits per heavy atom. The third-order valence-electron chi connectivity index (χ3n) is 3.95. The second-order valence-electron chi connectivity index (χ2n) is 6.54. The lowest BCUT2D eigenvalue weighted by atomic mass is 10.1. The van der Waals surface area contributed by atoms with E-state index < -0.39 is 5.97 Å². The van der Waals surface area contributed by atoms with E-state index >= 15 is 0 Å². The highest BCUT2D eigenvalue weighted by atomic mass is 32.2. The molecule has 0 aromatic heterocycles. The number of ether oxygens (including phenoxy) is 1. The summed E-state index contributed by atoms with van der Waals surface area (Å²) in [6.07, 6.45) is 2.13. The summed E-state index contributed by atoms with van der Waals surface area (Å²) in [5.74, 6) is 0.149. The van der Waals surface area contributed by atoms with Crippen molar-refractivity contribution < 1.29 is 19.4 Å². The molecule has 2 N–H and O–H groups in total.